The van der Waals surface area contributed by atoms with Crippen LogP contribution in [0.5, 0.6) is 5.75 Å². The molecular weight excluding hydrogens is 426 g/mol. The number of nitrogens with one attached hydrogen (secondary N) is 2. The molecule has 4 rings (SSSR count). The van der Waals surface area contributed by atoms with Gasteiger partial charge in [0.2, 0.25) is 0 Å². The molecule has 0 bridgehead atoms. The van der Waals surface area contributed by atoms with E-state index in [0.29, 0.717) is 36.9 Å². The Morgan fingerprint density at radius 3 is 2.75 bits per heavy atom. The third-order valence-electron chi connectivity index (χ3n) is 5.01. The van der Waals surface area contributed by atoms with E-state index >= 15 is 0 Å². The van der Waals surface area contributed by atoms with Crippen LogP contribution in [0.4, 0.5) is 15.6 Å². The van der Waals surface area contributed by atoms with Crippen LogP contribution in [0, 0.1) is 0 Å². The number of thiazole rings is 1. The topological polar surface area (TPSA) is 96.5 Å². The highest BCUT2D eigenvalue weighted by atomic mass is 32.1. The standard InChI is InChI=1S/C23H25N5O3S/c1-2-3-14-31-17-9-7-16(8-10-17)25-23(30)28-13-11-18-20(15-28)32-22(26-18)27-21(29)19-6-4-5-12-24-19/h4-10,12H,2-3,11,13-15H2,1H3,(H,25,30)(H,26,27,29). The number of anilines is 2. The Morgan fingerprint density at radius 2 is 2.00 bits per heavy atom. The predicted molar refractivity (Wildman–Crippen MR) is 124 cm³/mol. The Labute approximate surface area is 190 Å². The molecule has 0 saturated heterocycles. The van der Waals surface area contributed by atoms with Gasteiger partial charge in [-0.1, -0.05) is 30.7 Å². The Balaban J connectivity index is 1.33. The number of carbonyl (C=O) groups is 2. The third-order valence-corrected chi connectivity index (χ3v) is 6.01. The van der Waals surface area contributed by atoms with Crippen molar-refractivity contribution in [2.45, 2.75) is 32.7 Å². The van der Waals surface area contributed by atoms with Crippen molar-refractivity contribution >= 4 is 34.1 Å². The summed E-state index contributed by atoms with van der Waals surface area (Å²) in [5, 5.41) is 6.25. The van der Waals surface area contributed by atoms with E-state index in [9.17, 15) is 9.59 Å². The van der Waals surface area contributed by atoms with Gasteiger partial charge < -0.3 is 15.0 Å². The molecule has 3 aromatic rings. The Kier molecular flexibility index (Phi) is 6.96. The number of pyridine rings is 1. The highest BCUT2D eigenvalue weighted by molar-refractivity contribution is 7.15. The largest absolute Gasteiger partial charge is 0.494 e. The van der Waals surface area contributed by atoms with Crippen molar-refractivity contribution in [3.8, 4) is 5.75 Å². The second-order valence-corrected chi connectivity index (χ2v) is 8.47. The third kappa shape index (κ3) is 5.42. The number of aromatic nitrogens is 2. The lowest BCUT2D eigenvalue weighted by atomic mass is 10.2. The van der Waals surface area contributed by atoms with Crippen molar-refractivity contribution in [2.75, 3.05) is 23.8 Å². The molecule has 0 radical (unpaired) electrons. The van der Waals surface area contributed by atoms with Gasteiger partial charge in [-0.05, 0) is 42.8 Å². The van der Waals surface area contributed by atoms with Crippen molar-refractivity contribution in [2.24, 2.45) is 0 Å². The molecule has 2 N–H and O–H groups in total. The first-order chi connectivity index (χ1) is 15.6. The number of rotatable bonds is 7. The summed E-state index contributed by atoms with van der Waals surface area (Å²) in [6.45, 7) is 3.83. The molecule has 1 aromatic carbocycles. The molecule has 3 amide bonds. The van der Waals surface area contributed by atoms with Gasteiger partial charge >= 0.3 is 6.03 Å². The average molecular weight is 452 g/mol. The number of hydrogen-bond donors (Lipinski definition) is 2. The van der Waals surface area contributed by atoms with E-state index in [4.69, 9.17) is 4.74 Å². The lowest BCUT2D eigenvalue weighted by molar-refractivity contribution is 0.102. The van der Waals surface area contributed by atoms with Gasteiger partial charge in [0.05, 0.1) is 18.8 Å². The van der Waals surface area contributed by atoms with Crippen LogP contribution in [0.15, 0.2) is 48.7 Å². The molecule has 9 heteroatoms. The van der Waals surface area contributed by atoms with Crippen LogP contribution < -0.4 is 15.4 Å². The van der Waals surface area contributed by atoms with Crippen LogP contribution in [0.1, 0.15) is 40.8 Å². The van der Waals surface area contributed by atoms with E-state index in [1.807, 2.05) is 24.3 Å². The number of urea groups is 1. The highest BCUT2D eigenvalue weighted by Crippen LogP contribution is 2.29. The van der Waals surface area contributed by atoms with Crippen LogP contribution >= 0.6 is 11.3 Å². The van der Waals surface area contributed by atoms with Gasteiger partial charge in [0.15, 0.2) is 5.13 Å². The number of carbonyl (C=O) groups excluding carboxylic acids is 2. The lowest BCUT2D eigenvalue weighted by Crippen LogP contribution is -2.38. The summed E-state index contributed by atoms with van der Waals surface area (Å²) in [5.74, 6) is 0.498. The minimum atomic E-state index is -0.298. The maximum atomic E-state index is 12.7. The van der Waals surface area contributed by atoms with Gasteiger partial charge in [-0.15, -0.1) is 0 Å². The zero-order chi connectivity index (χ0) is 22.3. The fourth-order valence-electron chi connectivity index (χ4n) is 3.25. The fraction of sp³-hybridized carbons (Fsp3) is 0.304. The molecule has 0 aliphatic carbocycles. The SMILES string of the molecule is CCCCOc1ccc(NC(=O)N2CCc3nc(NC(=O)c4ccccn4)sc3C2)cc1. The zero-order valence-corrected chi connectivity index (χ0v) is 18.7. The molecule has 3 heterocycles. The molecule has 8 nitrogen and oxygen atoms in total. The number of benzene rings is 1. The normalized spacial score (nSPS) is 12.7. The van der Waals surface area contributed by atoms with E-state index in [2.05, 4.69) is 27.5 Å². The van der Waals surface area contributed by atoms with Gasteiger partial charge in [-0.2, -0.15) is 0 Å². The van der Waals surface area contributed by atoms with Crippen molar-refractivity contribution < 1.29 is 14.3 Å². The number of hydrogen-bond acceptors (Lipinski definition) is 6. The number of nitrogens with zero attached hydrogens (tertiary/aromatic N) is 3. The molecule has 0 saturated carbocycles. The number of ether oxygens (including phenoxy) is 1. The van der Waals surface area contributed by atoms with E-state index in [1.165, 1.54) is 11.3 Å². The minimum absolute atomic E-state index is 0.164. The summed E-state index contributed by atoms with van der Waals surface area (Å²) in [4.78, 5) is 36.3. The first-order valence-corrected chi connectivity index (χ1v) is 11.4. The van der Waals surface area contributed by atoms with Crippen molar-refractivity contribution in [3.05, 3.63) is 64.9 Å². The van der Waals surface area contributed by atoms with Crippen LogP contribution in [0.2, 0.25) is 0 Å². The minimum Gasteiger partial charge on any atom is -0.494 e. The molecular formula is C23H25N5O3S. The fourth-order valence-corrected chi connectivity index (χ4v) is 4.27. The quantitative estimate of drug-likeness (QED) is 0.514. The van der Waals surface area contributed by atoms with Crippen LogP contribution in [0.3, 0.4) is 0 Å². The smallest absolute Gasteiger partial charge is 0.322 e. The first kappa shape index (κ1) is 21.8. The van der Waals surface area contributed by atoms with Crippen LogP contribution in [-0.4, -0.2) is 40.0 Å². The van der Waals surface area contributed by atoms with Gasteiger partial charge in [0.1, 0.15) is 11.4 Å². The maximum Gasteiger partial charge on any atom is 0.322 e. The van der Waals surface area contributed by atoms with Gasteiger partial charge in [-0.25, -0.2) is 9.78 Å². The van der Waals surface area contributed by atoms with E-state index in [1.54, 1.807) is 29.3 Å². The van der Waals surface area contributed by atoms with Gasteiger partial charge in [0.25, 0.3) is 5.91 Å². The molecule has 1 aliphatic heterocycles. The number of fused-ring (bicyclic) bond motifs is 1. The summed E-state index contributed by atoms with van der Waals surface area (Å²) in [5.41, 5.74) is 1.98. The summed E-state index contributed by atoms with van der Waals surface area (Å²) >= 11 is 1.39. The van der Waals surface area contributed by atoms with Gasteiger partial charge in [0, 0.05) is 29.7 Å². The highest BCUT2D eigenvalue weighted by Gasteiger charge is 2.25. The molecule has 0 spiro atoms. The van der Waals surface area contributed by atoms with Crippen molar-refractivity contribution in [1.29, 1.82) is 0 Å². The summed E-state index contributed by atoms with van der Waals surface area (Å²) in [7, 11) is 0. The van der Waals surface area contributed by atoms with E-state index in [-0.39, 0.29) is 11.9 Å². The average Bonchev–Trinajstić information content (AvgIpc) is 3.22. The molecule has 1 aliphatic rings. The van der Waals surface area contributed by atoms with Gasteiger partial charge in [-0.3, -0.25) is 15.1 Å². The number of amides is 3. The maximum absolute atomic E-state index is 12.7. The van der Waals surface area contributed by atoms with Crippen LogP contribution in [-0.2, 0) is 13.0 Å². The summed E-state index contributed by atoms with van der Waals surface area (Å²) in [6, 6.07) is 12.4. The molecule has 0 atom stereocenters. The molecule has 0 fully saturated rings. The first-order valence-electron chi connectivity index (χ1n) is 10.6. The Morgan fingerprint density at radius 1 is 1.16 bits per heavy atom. The predicted octanol–water partition coefficient (Wildman–Crippen LogP) is 4.56. The molecule has 166 valence electrons. The second-order valence-electron chi connectivity index (χ2n) is 7.39. The molecule has 2 aromatic heterocycles. The van der Waals surface area contributed by atoms with Crippen LogP contribution in [0.25, 0.3) is 0 Å². The Bertz CT molecular complexity index is 1070. The summed E-state index contributed by atoms with van der Waals surface area (Å²) in [6.07, 6.45) is 4.32. The summed E-state index contributed by atoms with van der Waals surface area (Å²) < 4.78 is 5.66. The molecule has 0 unspecified atom stereocenters. The Hall–Kier alpha value is -3.46. The monoisotopic (exact) mass is 451 g/mol. The van der Waals surface area contributed by atoms with E-state index < -0.39 is 0 Å². The number of unbranched alkanes of at least 4 members (excludes halogenated alkanes) is 1. The zero-order valence-electron chi connectivity index (χ0n) is 17.8. The van der Waals surface area contributed by atoms with Crippen molar-refractivity contribution in [3.63, 3.8) is 0 Å². The lowest BCUT2D eigenvalue weighted by Gasteiger charge is -2.26. The van der Waals surface area contributed by atoms with Crippen molar-refractivity contribution in [1.82, 2.24) is 14.9 Å². The second kappa shape index (κ2) is 10.2. The molecule has 32 heavy (non-hydrogen) atoms. The van der Waals surface area contributed by atoms with E-state index in [0.717, 1.165) is 34.8 Å².